The Hall–Kier alpha value is -2.34. The summed E-state index contributed by atoms with van der Waals surface area (Å²) < 4.78 is 21.4. The number of nitrogens with zero attached hydrogens (tertiary/aromatic N) is 2. The summed E-state index contributed by atoms with van der Waals surface area (Å²) in [4.78, 5) is 19.4. The molecule has 5 nitrogen and oxygen atoms in total. The zero-order valence-corrected chi connectivity index (χ0v) is 15.0. The third-order valence-corrected chi connectivity index (χ3v) is 4.73. The van der Waals surface area contributed by atoms with E-state index in [1.54, 1.807) is 16.7 Å². The molecule has 0 aliphatic heterocycles. The number of halogens is 2. The predicted octanol–water partition coefficient (Wildman–Crippen LogP) is 4.55. The largest absolute Gasteiger partial charge is 0.497 e. The summed E-state index contributed by atoms with van der Waals surface area (Å²) in [7, 11) is 1.48. The van der Waals surface area contributed by atoms with Gasteiger partial charge in [-0.1, -0.05) is 25.4 Å². The number of pyridine rings is 1. The lowest BCUT2D eigenvalue weighted by atomic mass is 10.0. The highest BCUT2D eigenvalue weighted by Gasteiger charge is 2.22. The topological polar surface area (TPSA) is 59.9 Å². The Morgan fingerprint density at radius 3 is 2.68 bits per heavy atom. The Bertz CT molecular complexity index is 976. The normalized spacial score (nSPS) is 11.4. The molecule has 0 amide bonds. The van der Waals surface area contributed by atoms with E-state index in [1.807, 2.05) is 13.8 Å². The van der Waals surface area contributed by atoms with Crippen LogP contribution in [0.15, 0.2) is 29.2 Å². The fourth-order valence-corrected chi connectivity index (χ4v) is 3.39. The average Bonchev–Trinajstić information content (AvgIpc) is 2.93. The van der Waals surface area contributed by atoms with Crippen LogP contribution in [0.3, 0.4) is 0 Å². The number of aromatic amines is 1. The number of H-pyrrole nitrogens is 1. The molecule has 0 radical (unpaired) electrons. The summed E-state index contributed by atoms with van der Waals surface area (Å²) in [5.41, 5.74) is 1.41. The van der Waals surface area contributed by atoms with Crippen molar-refractivity contribution in [2.24, 2.45) is 0 Å². The molecule has 1 aromatic carbocycles. The smallest absolute Gasteiger partial charge is 0.327 e. The molecule has 0 saturated heterocycles. The highest BCUT2D eigenvalue weighted by Crippen LogP contribution is 2.37. The molecule has 2 heterocycles. The standard InChI is InChI=1S/C18H19ClFN3O2/c1-4-10(5-2)23-16-15(12-7-6-11(25-3)8-14(12)20)13(19)9-21-17(16)22-18(23)24/h6-10H,4-5H2,1-3H3,(H,21,22,24). The highest BCUT2D eigenvalue weighted by molar-refractivity contribution is 6.34. The molecular formula is C18H19ClFN3O2. The first kappa shape index (κ1) is 17.5. The van der Waals surface area contributed by atoms with Crippen LogP contribution in [0, 0.1) is 5.82 Å². The monoisotopic (exact) mass is 363 g/mol. The van der Waals surface area contributed by atoms with Gasteiger partial charge in [-0.25, -0.2) is 14.2 Å². The van der Waals surface area contributed by atoms with Crippen LogP contribution in [0.4, 0.5) is 4.39 Å². The Balaban J connectivity index is 2.38. The van der Waals surface area contributed by atoms with Crippen molar-refractivity contribution < 1.29 is 9.13 Å². The van der Waals surface area contributed by atoms with Gasteiger partial charge in [0.25, 0.3) is 0 Å². The summed E-state index contributed by atoms with van der Waals surface area (Å²) in [5, 5.41) is 0.287. The minimum atomic E-state index is -0.474. The number of fused-ring (bicyclic) bond motifs is 1. The molecule has 0 aliphatic rings. The van der Waals surface area contributed by atoms with Crippen LogP contribution in [-0.4, -0.2) is 21.6 Å². The van der Waals surface area contributed by atoms with Crippen LogP contribution in [0.25, 0.3) is 22.3 Å². The van der Waals surface area contributed by atoms with Gasteiger partial charge in [-0.05, 0) is 25.0 Å². The SMILES string of the molecule is CCC(CC)n1c(=O)[nH]c2ncc(Cl)c(-c3ccc(OC)cc3F)c21. The van der Waals surface area contributed by atoms with Gasteiger partial charge in [0.1, 0.15) is 11.6 Å². The van der Waals surface area contributed by atoms with E-state index in [4.69, 9.17) is 16.3 Å². The molecule has 25 heavy (non-hydrogen) atoms. The van der Waals surface area contributed by atoms with Crippen LogP contribution in [0.2, 0.25) is 5.02 Å². The van der Waals surface area contributed by atoms with Gasteiger partial charge >= 0.3 is 5.69 Å². The molecule has 0 aliphatic carbocycles. The van der Waals surface area contributed by atoms with Crippen molar-refractivity contribution in [3.05, 3.63) is 45.7 Å². The second kappa shape index (κ2) is 6.88. The van der Waals surface area contributed by atoms with Crippen molar-refractivity contribution in [3.8, 4) is 16.9 Å². The fourth-order valence-electron chi connectivity index (χ4n) is 3.15. The summed E-state index contributed by atoms with van der Waals surface area (Å²) in [6.45, 7) is 4.01. The zero-order valence-electron chi connectivity index (χ0n) is 14.3. The number of hydrogen-bond donors (Lipinski definition) is 1. The van der Waals surface area contributed by atoms with Gasteiger partial charge in [0.2, 0.25) is 0 Å². The van der Waals surface area contributed by atoms with E-state index in [9.17, 15) is 9.18 Å². The number of methoxy groups -OCH3 is 1. The van der Waals surface area contributed by atoms with E-state index in [-0.39, 0.29) is 16.8 Å². The number of nitrogens with one attached hydrogen (secondary N) is 1. The van der Waals surface area contributed by atoms with E-state index in [0.717, 1.165) is 12.8 Å². The van der Waals surface area contributed by atoms with Crippen molar-refractivity contribution in [2.45, 2.75) is 32.7 Å². The molecule has 7 heteroatoms. The van der Waals surface area contributed by atoms with Gasteiger partial charge in [-0.15, -0.1) is 0 Å². The van der Waals surface area contributed by atoms with E-state index in [2.05, 4.69) is 9.97 Å². The molecular weight excluding hydrogens is 345 g/mol. The molecule has 1 N–H and O–H groups in total. The lowest BCUT2D eigenvalue weighted by Gasteiger charge is -2.17. The first-order valence-corrected chi connectivity index (χ1v) is 8.52. The molecule has 2 aromatic heterocycles. The van der Waals surface area contributed by atoms with Crippen molar-refractivity contribution in [3.63, 3.8) is 0 Å². The van der Waals surface area contributed by atoms with E-state index >= 15 is 0 Å². The van der Waals surface area contributed by atoms with Gasteiger partial charge in [0, 0.05) is 29.4 Å². The molecule has 0 atom stereocenters. The van der Waals surface area contributed by atoms with E-state index in [1.165, 1.54) is 19.4 Å². The van der Waals surface area contributed by atoms with E-state index < -0.39 is 5.82 Å². The maximum atomic E-state index is 14.7. The van der Waals surface area contributed by atoms with Crippen LogP contribution in [0.1, 0.15) is 32.7 Å². The van der Waals surface area contributed by atoms with Gasteiger partial charge in [0.05, 0.1) is 17.6 Å². The summed E-state index contributed by atoms with van der Waals surface area (Å²) in [6.07, 6.45) is 2.96. The number of aromatic nitrogens is 3. The second-order valence-corrected chi connectivity index (χ2v) is 6.20. The molecule has 3 rings (SSSR count). The van der Waals surface area contributed by atoms with E-state index in [0.29, 0.717) is 28.0 Å². The number of ether oxygens (including phenoxy) is 1. The Labute approximate surface area is 149 Å². The lowest BCUT2D eigenvalue weighted by molar-refractivity contribution is 0.411. The van der Waals surface area contributed by atoms with Crippen molar-refractivity contribution in [2.75, 3.05) is 7.11 Å². The average molecular weight is 364 g/mol. The third-order valence-electron chi connectivity index (χ3n) is 4.45. The molecule has 0 unspecified atom stereocenters. The Kier molecular flexibility index (Phi) is 4.81. The first-order valence-electron chi connectivity index (χ1n) is 8.14. The maximum Gasteiger partial charge on any atom is 0.327 e. The Morgan fingerprint density at radius 2 is 2.08 bits per heavy atom. The molecule has 0 spiro atoms. The van der Waals surface area contributed by atoms with Crippen LogP contribution in [0.5, 0.6) is 5.75 Å². The van der Waals surface area contributed by atoms with Crippen molar-refractivity contribution in [1.29, 1.82) is 0 Å². The summed E-state index contributed by atoms with van der Waals surface area (Å²) in [6, 6.07) is 4.53. The van der Waals surface area contributed by atoms with Crippen LogP contribution >= 0.6 is 11.6 Å². The Morgan fingerprint density at radius 1 is 1.36 bits per heavy atom. The van der Waals surface area contributed by atoms with Gasteiger partial charge in [-0.2, -0.15) is 0 Å². The van der Waals surface area contributed by atoms with Gasteiger partial charge in [-0.3, -0.25) is 9.55 Å². The molecule has 0 fully saturated rings. The molecule has 0 saturated carbocycles. The number of hydrogen-bond acceptors (Lipinski definition) is 3. The number of rotatable bonds is 5. The number of imidazole rings is 1. The molecule has 3 aromatic rings. The predicted molar refractivity (Wildman–Crippen MR) is 96.9 cm³/mol. The first-order chi connectivity index (χ1) is 12.0. The zero-order chi connectivity index (χ0) is 18.1. The fraction of sp³-hybridized carbons (Fsp3) is 0.333. The molecule has 132 valence electrons. The van der Waals surface area contributed by atoms with Crippen LogP contribution in [-0.2, 0) is 0 Å². The quantitative estimate of drug-likeness (QED) is 0.723. The minimum Gasteiger partial charge on any atom is -0.497 e. The van der Waals surface area contributed by atoms with Gasteiger partial charge in [0.15, 0.2) is 5.65 Å². The maximum absolute atomic E-state index is 14.7. The lowest BCUT2D eigenvalue weighted by Crippen LogP contribution is -2.21. The highest BCUT2D eigenvalue weighted by atomic mass is 35.5. The van der Waals surface area contributed by atoms with Crippen molar-refractivity contribution >= 4 is 22.8 Å². The second-order valence-electron chi connectivity index (χ2n) is 5.79. The van der Waals surface area contributed by atoms with Crippen molar-refractivity contribution in [1.82, 2.24) is 14.5 Å². The summed E-state index contributed by atoms with van der Waals surface area (Å²) in [5.74, 6) is -0.0624. The number of benzene rings is 1. The van der Waals surface area contributed by atoms with Gasteiger partial charge < -0.3 is 4.74 Å². The molecule has 0 bridgehead atoms. The summed E-state index contributed by atoms with van der Waals surface area (Å²) >= 11 is 6.37. The third kappa shape index (κ3) is 2.91. The van der Waals surface area contributed by atoms with Crippen LogP contribution < -0.4 is 10.4 Å². The minimum absolute atomic E-state index is 0.0263.